The Morgan fingerprint density at radius 3 is 2.81 bits per heavy atom. The van der Waals surface area contributed by atoms with Gasteiger partial charge in [-0.1, -0.05) is 26.0 Å². The number of anilines is 1. The van der Waals surface area contributed by atoms with E-state index in [9.17, 15) is 9.90 Å². The predicted molar refractivity (Wildman–Crippen MR) is 86.4 cm³/mol. The molecule has 0 radical (unpaired) electrons. The third-order valence-corrected chi connectivity index (χ3v) is 4.00. The van der Waals surface area contributed by atoms with Crippen LogP contribution in [0.1, 0.15) is 25.3 Å². The number of aryl methyl sites for hydroxylation is 1. The molecule has 2 N–H and O–H groups in total. The van der Waals surface area contributed by atoms with Gasteiger partial charge in [0.15, 0.2) is 0 Å². The van der Waals surface area contributed by atoms with E-state index in [2.05, 4.69) is 10.3 Å². The van der Waals surface area contributed by atoms with Crippen molar-refractivity contribution in [3.05, 3.63) is 34.7 Å². The molecule has 0 aliphatic rings. The van der Waals surface area contributed by atoms with Crippen LogP contribution in [0.15, 0.2) is 29.6 Å². The minimum Gasteiger partial charge on any atom is -0.392 e. The Bertz CT molecular complexity index is 622. The van der Waals surface area contributed by atoms with Crippen LogP contribution >= 0.6 is 11.3 Å². The van der Waals surface area contributed by atoms with Crippen molar-refractivity contribution >= 4 is 22.9 Å². The first-order valence-electron chi connectivity index (χ1n) is 6.96. The molecule has 0 fully saturated rings. The highest BCUT2D eigenvalue weighted by Crippen LogP contribution is 2.24. The molecule has 1 heterocycles. The number of carbonyl (C=O) groups excluding carboxylic acids is 1. The van der Waals surface area contributed by atoms with E-state index in [-0.39, 0.29) is 18.2 Å². The molecule has 0 bridgehead atoms. The largest absolute Gasteiger partial charge is 0.392 e. The highest BCUT2D eigenvalue weighted by Gasteiger charge is 2.14. The molecule has 0 spiro atoms. The number of aromatic nitrogens is 1. The number of carbonyl (C=O) groups is 1. The van der Waals surface area contributed by atoms with Gasteiger partial charge in [0.05, 0.1) is 23.2 Å². The zero-order chi connectivity index (χ0) is 15.4. The minimum absolute atomic E-state index is 0.0695. The summed E-state index contributed by atoms with van der Waals surface area (Å²) in [6, 6.07) is 7.59. The highest BCUT2D eigenvalue weighted by molar-refractivity contribution is 7.09. The van der Waals surface area contributed by atoms with Gasteiger partial charge in [0.1, 0.15) is 0 Å². The molecule has 1 unspecified atom stereocenters. The van der Waals surface area contributed by atoms with Crippen LogP contribution in [0, 0.1) is 12.8 Å². The highest BCUT2D eigenvalue weighted by atomic mass is 32.1. The molecule has 0 aliphatic carbocycles. The second-order valence-corrected chi connectivity index (χ2v) is 6.46. The lowest BCUT2D eigenvalue weighted by atomic mass is 10.0. The number of hydrogen-bond acceptors (Lipinski definition) is 4. The van der Waals surface area contributed by atoms with Crippen molar-refractivity contribution in [2.45, 2.75) is 33.3 Å². The average Bonchev–Trinajstić information content (AvgIpc) is 2.85. The molecular weight excluding hydrogens is 284 g/mol. The van der Waals surface area contributed by atoms with E-state index < -0.39 is 6.10 Å². The summed E-state index contributed by atoms with van der Waals surface area (Å²) in [7, 11) is 0. The van der Waals surface area contributed by atoms with Gasteiger partial charge in [-0.3, -0.25) is 4.79 Å². The summed E-state index contributed by atoms with van der Waals surface area (Å²) < 4.78 is 0. The predicted octanol–water partition coefficient (Wildman–Crippen LogP) is 3.46. The standard InChI is InChI=1S/C16H20N2O2S/c1-10(2)15(19)8-16(20)18-13-6-4-5-12(7-13)14-9-21-11(3)17-14/h4-7,9-10,15,19H,8H2,1-3H3,(H,18,20). The molecule has 1 aromatic carbocycles. The second-order valence-electron chi connectivity index (χ2n) is 5.40. The van der Waals surface area contributed by atoms with Crippen molar-refractivity contribution in [2.75, 3.05) is 5.32 Å². The second kappa shape index (κ2) is 6.83. The van der Waals surface area contributed by atoms with Gasteiger partial charge >= 0.3 is 0 Å². The normalized spacial score (nSPS) is 12.4. The van der Waals surface area contributed by atoms with Gasteiger partial charge in [0, 0.05) is 16.6 Å². The van der Waals surface area contributed by atoms with Crippen LogP contribution in [-0.2, 0) is 4.79 Å². The molecule has 4 nitrogen and oxygen atoms in total. The quantitative estimate of drug-likeness (QED) is 0.889. The number of hydrogen-bond donors (Lipinski definition) is 2. The molecule has 0 saturated carbocycles. The van der Waals surface area contributed by atoms with Crippen LogP contribution < -0.4 is 5.32 Å². The van der Waals surface area contributed by atoms with Crippen molar-refractivity contribution in [1.29, 1.82) is 0 Å². The Morgan fingerprint density at radius 1 is 1.43 bits per heavy atom. The Labute approximate surface area is 128 Å². The lowest BCUT2D eigenvalue weighted by Gasteiger charge is -2.14. The van der Waals surface area contributed by atoms with Gasteiger partial charge in [-0.25, -0.2) is 4.98 Å². The maximum atomic E-state index is 11.9. The number of aliphatic hydroxyl groups is 1. The van der Waals surface area contributed by atoms with Crippen molar-refractivity contribution in [2.24, 2.45) is 5.92 Å². The zero-order valence-corrected chi connectivity index (χ0v) is 13.3. The summed E-state index contributed by atoms with van der Waals surface area (Å²) in [6.45, 7) is 5.75. The van der Waals surface area contributed by atoms with Crippen LogP contribution in [0.2, 0.25) is 0 Å². The maximum absolute atomic E-state index is 11.9. The van der Waals surface area contributed by atoms with E-state index in [1.165, 1.54) is 0 Å². The van der Waals surface area contributed by atoms with Crippen LogP contribution in [0.4, 0.5) is 5.69 Å². The molecule has 0 saturated heterocycles. The fourth-order valence-electron chi connectivity index (χ4n) is 1.89. The van der Waals surface area contributed by atoms with Gasteiger partial charge in [-0.15, -0.1) is 11.3 Å². The Kier molecular flexibility index (Phi) is 5.09. The van der Waals surface area contributed by atoms with Crippen molar-refractivity contribution in [1.82, 2.24) is 4.98 Å². The number of nitrogens with zero attached hydrogens (tertiary/aromatic N) is 1. The third kappa shape index (κ3) is 4.37. The third-order valence-electron chi connectivity index (χ3n) is 3.23. The lowest BCUT2D eigenvalue weighted by Crippen LogP contribution is -2.23. The van der Waals surface area contributed by atoms with Gasteiger partial charge in [0.2, 0.25) is 5.91 Å². The molecule has 5 heteroatoms. The molecule has 2 aromatic rings. The summed E-state index contributed by atoms with van der Waals surface area (Å²) in [4.78, 5) is 16.3. The van der Waals surface area contributed by atoms with E-state index in [1.807, 2.05) is 50.4 Å². The molecule has 0 aliphatic heterocycles. The lowest BCUT2D eigenvalue weighted by molar-refractivity contribution is -0.118. The average molecular weight is 304 g/mol. The van der Waals surface area contributed by atoms with Gasteiger partial charge < -0.3 is 10.4 Å². The fraction of sp³-hybridized carbons (Fsp3) is 0.375. The van der Waals surface area contributed by atoms with E-state index in [0.717, 1.165) is 22.0 Å². The Hall–Kier alpha value is -1.72. The Morgan fingerprint density at radius 2 is 2.19 bits per heavy atom. The van der Waals surface area contributed by atoms with Gasteiger partial charge in [-0.05, 0) is 25.0 Å². The smallest absolute Gasteiger partial charge is 0.226 e. The number of aliphatic hydroxyl groups excluding tert-OH is 1. The summed E-state index contributed by atoms with van der Waals surface area (Å²) in [5, 5.41) is 15.6. The van der Waals surface area contributed by atoms with E-state index in [1.54, 1.807) is 11.3 Å². The number of rotatable bonds is 5. The first-order chi connectivity index (χ1) is 9.95. The van der Waals surface area contributed by atoms with E-state index in [4.69, 9.17) is 0 Å². The minimum atomic E-state index is -0.616. The van der Waals surface area contributed by atoms with Crippen molar-refractivity contribution < 1.29 is 9.90 Å². The molecular formula is C16H20N2O2S. The summed E-state index contributed by atoms with van der Waals surface area (Å²) in [5.41, 5.74) is 2.61. The van der Waals surface area contributed by atoms with Crippen LogP contribution in [0.3, 0.4) is 0 Å². The van der Waals surface area contributed by atoms with E-state index in [0.29, 0.717) is 0 Å². The fourth-order valence-corrected chi connectivity index (χ4v) is 2.51. The molecule has 1 amide bonds. The summed E-state index contributed by atoms with van der Waals surface area (Å²) in [6.07, 6.45) is -0.507. The topological polar surface area (TPSA) is 62.2 Å². The van der Waals surface area contributed by atoms with E-state index >= 15 is 0 Å². The Balaban J connectivity index is 2.06. The molecule has 1 aromatic heterocycles. The summed E-state index contributed by atoms with van der Waals surface area (Å²) in [5.74, 6) is -0.108. The number of thiazole rings is 1. The van der Waals surface area contributed by atoms with Crippen LogP contribution in [0.5, 0.6) is 0 Å². The molecule has 2 rings (SSSR count). The summed E-state index contributed by atoms with van der Waals surface area (Å²) >= 11 is 1.60. The first-order valence-corrected chi connectivity index (χ1v) is 7.84. The van der Waals surface area contributed by atoms with Gasteiger partial charge in [-0.2, -0.15) is 0 Å². The van der Waals surface area contributed by atoms with Crippen molar-refractivity contribution in [3.8, 4) is 11.3 Å². The SMILES string of the molecule is Cc1nc(-c2cccc(NC(=O)CC(O)C(C)C)c2)cs1. The number of nitrogens with one attached hydrogen (secondary N) is 1. The number of benzene rings is 1. The van der Waals surface area contributed by atoms with Crippen LogP contribution in [-0.4, -0.2) is 22.1 Å². The molecule has 21 heavy (non-hydrogen) atoms. The molecule has 112 valence electrons. The molecule has 1 atom stereocenters. The number of amides is 1. The maximum Gasteiger partial charge on any atom is 0.226 e. The van der Waals surface area contributed by atoms with Crippen molar-refractivity contribution in [3.63, 3.8) is 0 Å². The zero-order valence-electron chi connectivity index (χ0n) is 12.5. The van der Waals surface area contributed by atoms with Gasteiger partial charge in [0.25, 0.3) is 0 Å². The first kappa shape index (κ1) is 15.7. The van der Waals surface area contributed by atoms with Crippen LogP contribution in [0.25, 0.3) is 11.3 Å². The monoisotopic (exact) mass is 304 g/mol.